The van der Waals surface area contributed by atoms with Crippen molar-refractivity contribution in [3.05, 3.63) is 54.6 Å². The van der Waals surface area contributed by atoms with Gasteiger partial charge in [0.1, 0.15) is 0 Å². The number of hydrogen-bond acceptors (Lipinski definition) is 2. The first kappa shape index (κ1) is 17.2. The fraction of sp³-hybridized carbons (Fsp3) is 0.318. The number of carbonyl (C=O) groups is 1. The van der Waals surface area contributed by atoms with Gasteiger partial charge in [-0.1, -0.05) is 55.5 Å². The number of thioether (sulfide) groups is 1. The summed E-state index contributed by atoms with van der Waals surface area (Å²) in [6, 6.07) is 18.7. The average molecular weight is 365 g/mol. The third-order valence-corrected chi connectivity index (χ3v) is 6.30. The molecular formula is C22H24N2OS. The van der Waals surface area contributed by atoms with Crippen molar-refractivity contribution in [1.82, 2.24) is 9.88 Å². The van der Waals surface area contributed by atoms with Gasteiger partial charge in [-0.05, 0) is 30.4 Å². The molecule has 1 fully saturated rings. The molecule has 4 heteroatoms. The summed E-state index contributed by atoms with van der Waals surface area (Å²) in [7, 11) is 0. The Morgan fingerprint density at radius 3 is 2.54 bits per heavy atom. The highest BCUT2D eigenvalue weighted by molar-refractivity contribution is 8.00. The van der Waals surface area contributed by atoms with Gasteiger partial charge in [0.05, 0.1) is 11.4 Å². The maximum Gasteiger partial charge on any atom is 0.232 e. The normalized spacial score (nSPS) is 15.5. The van der Waals surface area contributed by atoms with E-state index >= 15 is 0 Å². The van der Waals surface area contributed by atoms with Crippen LogP contribution in [0.4, 0.5) is 0 Å². The standard InChI is InChI=1S/C22H24N2OS/c1-16-11-13-24(14-12-16)20(25)15-26-22-18-9-5-6-10-19(18)23-21(22)17-7-3-2-4-8-17/h2-10,16,23H,11-15H2,1H3. The van der Waals surface area contributed by atoms with E-state index in [1.54, 1.807) is 11.8 Å². The monoisotopic (exact) mass is 364 g/mol. The van der Waals surface area contributed by atoms with Gasteiger partial charge in [-0.2, -0.15) is 0 Å². The smallest absolute Gasteiger partial charge is 0.232 e. The summed E-state index contributed by atoms with van der Waals surface area (Å²) in [4.78, 5) is 19.4. The lowest BCUT2D eigenvalue weighted by Crippen LogP contribution is -2.38. The van der Waals surface area contributed by atoms with Gasteiger partial charge in [-0.3, -0.25) is 4.79 Å². The third-order valence-electron chi connectivity index (χ3n) is 5.20. The summed E-state index contributed by atoms with van der Waals surface area (Å²) >= 11 is 1.66. The van der Waals surface area contributed by atoms with E-state index in [9.17, 15) is 4.79 Å². The van der Waals surface area contributed by atoms with Gasteiger partial charge in [-0.25, -0.2) is 0 Å². The quantitative estimate of drug-likeness (QED) is 0.647. The Hall–Kier alpha value is -2.20. The molecule has 0 saturated carbocycles. The topological polar surface area (TPSA) is 36.1 Å². The molecule has 0 radical (unpaired) electrons. The summed E-state index contributed by atoms with van der Waals surface area (Å²) < 4.78 is 0. The Bertz CT molecular complexity index is 895. The molecule has 1 amide bonds. The molecular weight excluding hydrogens is 340 g/mol. The van der Waals surface area contributed by atoms with Crippen molar-refractivity contribution in [1.29, 1.82) is 0 Å². The molecule has 0 atom stereocenters. The molecule has 0 spiro atoms. The Morgan fingerprint density at radius 2 is 1.77 bits per heavy atom. The number of likely N-dealkylation sites (tertiary alicyclic amines) is 1. The third kappa shape index (κ3) is 3.51. The Labute approximate surface area is 158 Å². The van der Waals surface area contributed by atoms with Gasteiger partial charge in [0.2, 0.25) is 5.91 Å². The SMILES string of the molecule is CC1CCN(C(=O)CSc2c(-c3ccccc3)[nH]c3ccccc23)CC1. The van der Waals surface area contributed by atoms with Crippen LogP contribution in [0, 0.1) is 5.92 Å². The summed E-state index contributed by atoms with van der Waals surface area (Å²) in [6.07, 6.45) is 2.25. The summed E-state index contributed by atoms with van der Waals surface area (Å²) in [5, 5.41) is 1.19. The Kier molecular flexibility index (Phi) is 5.02. The number of hydrogen-bond donors (Lipinski definition) is 1. The van der Waals surface area contributed by atoms with Crippen molar-refractivity contribution in [2.45, 2.75) is 24.7 Å². The molecule has 2 heterocycles. The first-order valence-corrected chi connectivity index (χ1v) is 10.3. The van der Waals surface area contributed by atoms with Crippen molar-refractivity contribution in [3.8, 4) is 11.3 Å². The molecule has 2 aromatic carbocycles. The number of rotatable bonds is 4. The van der Waals surface area contributed by atoms with E-state index in [2.05, 4.69) is 54.4 Å². The predicted molar refractivity (Wildman–Crippen MR) is 109 cm³/mol. The van der Waals surface area contributed by atoms with Crippen LogP contribution in [0.15, 0.2) is 59.5 Å². The number of nitrogens with zero attached hydrogens (tertiary/aromatic N) is 1. The highest BCUT2D eigenvalue weighted by atomic mass is 32.2. The van der Waals surface area contributed by atoms with Gasteiger partial charge in [-0.15, -0.1) is 11.8 Å². The number of nitrogens with one attached hydrogen (secondary N) is 1. The van der Waals surface area contributed by atoms with Crippen molar-refractivity contribution in [2.24, 2.45) is 5.92 Å². The Balaban J connectivity index is 1.58. The van der Waals surface area contributed by atoms with Gasteiger partial charge >= 0.3 is 0 Å². The predicted octanol–water partition coefficient (Wildman–Crippen LogP) is 5.19. The van der Waals surface area contributed by atoms with Crippen LogP contribution in [0.3, 0.4) is 0 Å². The molecule has 3 nitrogen and oxygen atoms in total. The van der Waals surface area contributed by atoms with E-state index < -0.39 is 0 Å². The molecule has 1 aliphatic rings. The number of piperidine rings is 1. The molecule has 1 aliphatic heterocycles. The minimum atomic E-state index is 0.256. The van der Waals surface area contributed by atoms with E-state index in [-0.39, 0.29) is 5.91 Å². The molecule has 3 aromatic rings. The first-order valence-electron chi connectivity index (χ1n) is 9.29. The van der Waals surface area contributed by atoms with Crippen molar-refractivity contribution in [2.75, 3.05) is 18.8 Å². The molecule has 26 heavy (non-hydrogen) atoms. The van der Waals surface area contributed by atoms with E-state index in [4.69, 9.17) is 0 Å². The van der Waals surface area contributed by atoms with Crippen molar-refractivity contribution < 1.29 is 4.79 Å². The molecule has 0 bridgehead atoms. The lowest BCUT2D eigenvalue weighted by atomic mass is 9.99. The van der Waals surface area contributed by atoms with Crippen LogP contribution in [-0.4, -0.2) is 34.6 Å². The lowest BCUT2D eigenvalue weighted by molar-refractivity contribution is -0.129. The molecule has 0 aliphatic carbocycles. The number of aromatic nitrogens is 1. The molecule has 4 rings (SSSR count). The Morgan fingerprint density at radius 1 is 1.08 bits per heavy atom. The zero-order valence-corrected chi connectivity index (χ0v) is 15.9. The zero-order valence-electron chi connectivity index (χ0n) is 15.1. The molecule has 1 saturated heterocycles. The number of para-hydroxylation sites is 1. The van der Waals surface area contributed by atoms with Crippen LogP contribution in [0.25, 0.3) is 22.2 Å². The maximum atomic E-state index is 12.7. The number of carbonyl (C=O) groups excluding carboxylic acids is 1. The number of aromatic amines is 1. The second-order valence-corrected chi connectivity index (χ2v) is 8.08. The fourth-order valence-electron chi connectivity index (χ4n) is 3.56. The number of amides is 1. The van der Waals surface area contributed by atoms with Gasteiger partial charge < -0.3 is 9.88 Å². The summed E-state index contributed by atoms with van der Waals surface area (Å²) in [6.45, 7) is 4.08. The van der Waals surface area contributed by atoms with Crippen molar-refractivity contribution >= 4 is 28.6 Å². The van der Waals surface area contributed by atoms with Crippen LogP contribution in [0.2, 0.25) is 0 Å². The fourth-order valence-corrected chi connectivity index (χ4v) is 4.65. The minimum Gasteiger partial charge on any atom is -0.354 e. The lowest BCUT2D eigenvalue weighted by Gasteiger charge is -2.30. The number of H-pyrrole nitrogens is 1. The van der Waals surface area contributed by atoms with E-state index in [1.165, 1.54) is 10.3 Å². The van der Waals surface area contributed by atoms with Crippen LogP contribution in [0.5, 0.6) is 0 Å². The van der Waals surface area contributed by atoms with Gasteiger partial charge in [0.15, 0.2) is 0 Å². The average Bonchev–Trinajstić information content (AvgIpc) is 3.06. The van der Waals surface area contributed by atoms with Gasteiger partial charge in [0, 0.05) is 28.9 Å². The van der Waals surface area contributed by atoms with Crippen LogP contribution in [-0.2, 0) is 4.79 Å². The largest absolute Gasteiger partial charge is 0.354 e. The van der Waals surface area contributed by atoms with Crippen LogP contribution in [0.1, 0.15) is 19.8 Å². The minimum absolute atomic E-state index is 0.256. The summed E-state index contributed by atoms with van der Waals surface area (Å²) in [5.74, 6) is 1.49. The zero-order chi connectivity index (χ0) is 17.9. The molecule has 1 aromatic heterocycles. The highest BCUT2D eigenvalue weighted by Crippen LogP contribution is 2.37. The highest BCUT2D eigenvalue weighted by Gasteiger charge is 2.21. The van der Waals surface area contributed by atoms with Gasteiger partial charge in [0.25, 0.3) is 0 Å². The first-order chi connectivity index (χ1) is 12.7. The molecule has 134 valence electrons. The molecule has 0 unspecified atom stereocenters. The van der Waals surface area contributed by atoms with Crippen molar-refractivity contribution in [3.63, 3.8) is 0 Å². The number of benzene rings is 2. The summed E-state index contributed by atoms with van der Waals surface area (Å²) in [5.41, 5.74) is 3.38. The molecule has 1 N–H and O–H groups in total. The maximum absolute atomic E-state index is 12.7. The van der Waals surface area contributed by atoms with E-state index in [0.717, 1.165) is 48.6 Å². The van der Waals surface area contributed by atoms with Crippen LogP contribution >= 0.6 is 11.8 Å². The van der Waals surface area contributed by atoms with Crippen LogP contribution < -0.4 is 0 Å². The van der Waals surface area contributed by atoms with E-state index in [0.29, 0.717) is 5.75 Å². The second-order valence-electron chi connectivity index (χ2n) is 7.09. The van der Waals surface area contributed by atoms with E-state index in [1.807, 2.05) is 17.0 Å². The number of fused-ring (bicyclic) bond motifs is 1. The second kappa shape index (κ2) is 7.58.